The Hall–Kier alpha value is -2.15. The SMILES string of the molecule is CC1CC(C)(C)NC(=S)N1CC(=O)N1CCN(C(c2ccccc2)c2ccc(Cl)cc2)CC1. The molecule has 2 heterocycles. The van der Waals surface area contributed by atoms with Gasteiger partial charge in [-0.05, 0) is 62.7 Å². The number of nitrogens with one attached hydrogen (secondary N) is 1. The van der Waals surface area contributed by atoms with E-state index >= 15 is 0 Å². The Morgan fingerprint density at radius 3 is 2.27 bits per heavy atom. The molecule has 1 amide bonds. The van der Waals surface area contributed by atoms with Crippen LogP contribution in [0, 0.1) is 0 Å². The predicted molar refractivity (Wildman–Crippen MR) is 138 cm³/mol. The van der Waals surface area contributed by atoms with E-state index in [2.05, 4.69) is 67.4 Å². The molecule has 2 aliphatic rings. The van der Waals surface area contributed by atoms with Crippen molar-refractivity contribution < 1.29 is 4.79 Å². The molecule has 0 saturated carbocycles. The lowest BCUT2D eigenvalue weighted by Gasteiger charge is -2.45. The van der Waals surface area contributed by atoms with Gasteiger partial charge in [0, 0.05) is 42.8 Å². The molecule has 2 aliphatic heterocycles. The van der Waals surface area contributed by atoms with E-state index in [0.717, 1.165) is 24.5 Å². The number of amides is 1. The molecule has 2 aromatic carbocycles. The molecule has 2 unspecified atom stereocenters. The highest BCUT2D eigenvalue weighted by atomic mass is 35.5. The number of carbonyl (C=O) groups excluding carboxylic acids is 1. The van der Waals surface area contributed by atoms with Crippen molar-refractivity contribution in [1.29, 1.82) is 0 Å². The average molecular weight is 485 g/mol. The van der Waals surface area contributed by atoms with Gasteiger partial charge in [-0.25, -0.2) is 0 Å². The molecule has 2 fully saturated rings. The first-order chi connectivity index (χ1) is 15.7. The Morgan fingerprint density at radius 1 is 1.06 bits per heavy atom. The first-order valence-electron chi connectivity index (χ1n) is 11.6. The molecule has 4 rings (SSSR count). The second-order valence-corrected chi connectivity index (χ2v) is 10.6. The van der Waals surface area contributed by atoms with E-state index in [4.69, 9.17) is 23.8 Å². The van der Waals surface area contributed by atoms with E-state index < -0.39 is 0 Å². The Kier molecular flexibility index (Phi) is 7.27. The molecule has 0 bridgehead atoms. The van der Waals surface area contributed by atoms with Crippen LogP contribution in [0.25, 0.3) is 0 Å². The van der Waals surface area contributed by atoms with Crippen LogP contribution in [0.2, 0.25) is 5.02 Å². The number of piperazine rings is 1. The summed E-state index contributed by atoms with van der Waals surface area (Å²) in [5.74, 6) is 0.146. The summed E-state index contributed by atoms with van der Waals surface area (Å²) >= 11 is 11.7. The van der Waals surface area contributed by atoms with Crippen molar-refractivity contribution in [3.63, 3.8) is 0 Å². The third kappa shape index (κ3) is 5.68. The molecule has 2 saturated heterocycles. The fourth-order valence-electron chi connectivity index (χ4n) is 5.06. The second kappa shape index (κ2) is 10.00. The first kappa shape index (κ1) is 24.0. The zero-order chi connectivity index (χ0) is 23.6. The van der Waals surface area contributed by atoms with Crippen LogP contribution in [0.4, 0.5) is 0 Å². The predicted octanol–water partition coefficient (Wildman–Crippen LogP) is 4.32. The van der Waals surface area contributed by atoms with Gasteiger partial charge in [0.05, 0.1) is 12.6 Å². The molecule has 5 nitrogen and oxygen atoms in total. The van der Waals surface area contributed by atoms with E-state index in [-0.39, 0.29) is 23.5 Å². The largest absolute Gasteiger partial charge is 0.358 e. The Labute approximate surface area is 207 Å². The number of benzene rings is 2. The summed E-state index contributed by atoms with van der Waals surface area (Å²) in [6.45, 7) is 9.85. The molecule has 176 valence electrons. The van der Waals surface area contributed by atoms with Gasteiger partial charge < -0.3 is 15.1 Å². The van der Waals surface area contributed by atoms with Crippen LogP contribution in [-0.2, 0) is 4.79 Å². The molecule has 0 aromatic heterocycles. The monoisotopic (exact) mass is 484 g/mol. The standard InChI is InChI=1S/C26H33ClN4OS/c1-19-17-26(2,3)28-25(33)31(19)18-23(32)29-13-15-30(16-14-29)24(20-7-5-4-6-8-20)21-9-11-22(27)12-10-21/h4-12,19,24H,13-18H2,1-3H3,(H,28,33). The highest BCUT2D eigenvalue weighted by Crippen LogP contribution is 2.30. The van der Waals surface area contributed by atoms with E-state index in [0.29, 0.717) is 24.7 Å². The van der Waals surface area contributed by atoms with Crippen LogP contribution < -0.4 is 5.32 Å². The van der Waals surface area contributed by atoms with Gasteiger partial charge >= 0.3 is 0 Å². The summed E-state index contributed by atoms with van der Waals surface area (Å²) in [6.07, 6.45) is 0.952. The van der Waals surface area contributed by atoms with Crippen molar-refractivity contribution in [2.24, 2.45) is 0 Å². The Morgan fingerprint density at radius 2 is 1.67 bits per heavy atom. The summed E-state index contributed by atoms with van der Waals surface area (Å²) in [5, 5.41) is 4.79. The highest BCUT2D eigenvalue weighted by molar-refractivity contribution is 7.80. The van der Waals surface area contributed by atoms with E-state index in [1.807, 2.05) is 28.0 Å². The molecule has 2 aromatic rings. The fraction of sp³-hybridized carbons (Fsp3) is 0.462. The quantitative estimate of drug-likeness (QED) is 0.640. The van der Waals surface area contributed by atoms with Crippen LogP contribution in [0.15, 0.2) is 54.6 Å². The molecule has 0 aliphatic carbocycles. The minimum Gasteiger partial charge on any atom is -0.358 e. The maximum absolute atomic E-state index is 13.1. The molecule has 7 heteroatoms. The van der Waals surface area contributed by atoms with Gasteiger partial charge in [0.15, 0.2) is 5.11 Å². The van der Waals surface area contributed by atoms with Crippen LogP contribution in [0.5, 0.6) is 0 Å². The minimum absolute atomic E-state index is 0.0320. The van der Waals surface area contributed by atoms with E-state index in [1.54, 1.807) is 0 Å². The highest BCUT2D eigenvalue weighted by Gasteiger charge is 2.35. The summed E-state index contributed by atoms with van der Waals surface area (Å²) in [4.78, 5) is 19.6. The third-order valence-electron chi connectivity index (χ3n) is 6.68. The van der Waals surface area contributed by atoms with Gasteiger partial charge in [0.2, 0.25) is 5.91 Å². The lowest BCUT2D eigenvalue weighted by atomic mass is 9.93. The first-order valence-corrected chi connectivity index (χ1v) is 12.4. The molecule has 1 N–H and O–H groups in total. The molecular formula is C26H33ClN4OS. The van der Waals surface area contributed by atoms with Crippen LogP contribution in [0.3, 0.4) is 0 Å². The van der Waals surface area contributed by atoms with Crippen molar-refractivity contribution in [2.45, 2.75) is 44.8 Å². The Balaban J connectivity index is 1.42. The normalized spacial score (nSPS) is 22.1. The van der Waals surface area contributed by atoms with E-state index in [9.17, 15) is 4.79 Å². The number of halogens is 1. The van der Waals surface area contributed by atoms with Crippen molar-refractivity contribution in [3.8, 4) is 0 Å². The van der Waals surface area contributed by atoms with Crippen molar-refractivity contribution in [1.82, 2.24) is 20.0 Å². The fourth-order valence-corrected chi connectivity index (χ4v) is 5.71. The van der Waals surface area contributed by atoms with Gasteiger partial charge in [-0.1, -0.05) is 54.1 Å². The Bertz CT molecular complexity index is 974. The van der Waals surface area contributed by atoms with Gasteiger partial charge in [0.1, 0.15) is 0 Å². The third-order valence-corrected chi connectivity index (χ3v) is 7.27. The van der Waals surface area contributed by atoms with Gasteiger partial charge in [-0.3, -0.25) is 9.69 Å². The molecule has 0 spiro atoms. The maximum Gasteiger partial charge on any atom is 0.242 e. The number of rotatable bonds is 5. The van der Waals surface area contributed by atoms with Gasteiger partial charge in [0.25, 0.3) is 0 Å². The lowest BCUT2D eigenvalue weighted by molar-refractivity contribution is -0.134. The summed E-state index contributed by atoms with van der Waals surface area (Å²) in [5.41, 5.74) is 2.43. The van der Waals surface area contributed by atoms with Crippen molar-refractivity contribution in [2.75, 3.05) is 32.7 Å². The molecule has 2 atom stereocenters. The molecule has 0 radical (unpaired) electrons. The molecule has 33 heavy (non-hydrogen) atoms. The number of hydrogen-bond donors (Lipinski definition) is 1. The summed E-state index contributed by atoms with van der Waals surface area (Å²) in [7, 11) is 0. The van der Waals surface area contributed by atoms with E-state index in [1.165, 1.54) is 11.1 Å². The maximum atomic E-state index is 13.1. The zero-order valence-electron chi connectivity index (χ0n) is 19.6. The summed E-state index contributed by atoms with van der Waals surface area (Å²) in [6, 6.07) is 19.0. The lowest BCUT2D eigenvalue weighted by Crippen LogP contribution is -2.62. The minimum atomic E-state index is -0.0320. The average Bonchev–Trinajstić information content (AvgIpc) is 2.78. The molecular weight excluding hydrogens is 452 g/mol. The van der Waals surface area contributed by atoms with Gasteiger partial charge in [-0.2, -0.15) is 0 Å². The van der Waals surface area contributed by atoms with Gasteiger partial charge in [-0.15, -0.1) is 0 Å². The smallest absolute Gasteiger partial charge is 0.242 e. The van der Waals surface area contributed by atoms with Crippen LogP contribution in [-0.4, -0.2) is 70.0 Å². The second-order valence-electron chi connectivity index (χ2n) is 9.78. The number of thiocarbonyl (C=S) groups is 1. The van der Waals surface area contributed by atoms with Crippen LogP contribution in [0.1, 0.15) is 44.4 Å². The topological polar surface area (TPSA) is 38.8 Å². The number of nitrogens with zero attached hydrogens (tertiary/aromatic N) is 3. The number of hydrogen-bond acceptors (Lipinski definition) is 3. The van der Waals surface area contributed by atoms with Crippen LogP contribution >= 0.6 is 23.8 Å². The van der Waals surface area contributed by atoms with Crippen molar-refractivity contribution >= 4 is 34.8 Å². The summed E-state index contributed by atoms with van der Waals surface area (Å²) < 4.78 is 0. The van der Waals surface area contributed by atoms with Crippen molar-refractivity contribution in [3.05, 3.63) is 70.7 Å². The zero-order valence-corrected chi connectivity index (χ0v) is 21.2. The number of carbonyl (C=O) groups is 1.